The summed E-state index contributed by atoms with van der Waals surface area (Å²) in [4.78, 5) is 9.00. The monoisotopic (exact) mass is 272 g/mol. The largest absolute Gasteiger partial charge is 0.379 e. The predicted octanol–water partition coefficient (Wildman–Crippen LogP) is 1.25. The molecule has 1 aromatic heterocycles. The number of aromatic nitrogens is 1. The van der Waals surface area contributed by atoms with Crippen LogP contribution in [0.5, 0.6) is 0 Å². The Balaban J connectivity index is 1.62. The molecular weight excluding hydrogens is 252 g/mol. The molecule has 5 heteroatoms. The summed E-state index contributed by atoms with van der Waals surface area (Å²) in [5.74, 6) is 0. The number of hydrogen-bond acceptors (Lipinski definition) is 5. The van der Waals surface area contributed by atoms with Gasteiger partial charge in [-0.05, 0) is 25.0 Å². The van der Waals surface area contributed by atoms with Crippen molar-refractivity contribution in [2.45, 2.75) is 18.9 Å². The molecular formula is C15H20N4O. The van der Waals surface area contributed by atoms with Crippen LogP contribution in [0.4, 0.5) is 5.69 Å². The van der Waals surface area contributed by atoms with Crippen LogP contribution in [0.2, 0.25) is 0 Å². The van der Waals surface area contributed by atoms with Gasteiger partial charge in [-0.3, -0.25) is 4.90 Å². The summed E-state index contributed by atoms with van der Waals surface area (Å²) in [6, 6.07) is 6.76. The molecule has 3 rings (SSSR count). The lowest BCUT2D eigenvalue weighted by Crippen LogP contribution is -2.49. The van der Waals surface area contributed by atoms with Crippen LogP contribution < -0.4 is 4.90 Å². The van der Waals surface area contributed by atoms with Crippen molar-refractivity contribution in [3.63, 3.8) is 0 Å². The van der Waals surface area contributed by atoms with E-state index in [1.165, 1.54) is 0 Å². The van der Waals surface area contributed by atoms with E-state index in [0.29, 0.717) is 11.7 Å². The van der Waals surface area contributed by atoms with E-state index in [1.807, 2.05) is 12.1 Å². The number of ether oxygens (including phenoxy) is 1. The zero-order chi connectivity index (χ0) is 13.8. The van der Waals surface area contributed by atoms with Gasteiger partial charge >= 0.3 is 0 Å². The van der Waals surface area contributed by atoms with Crippen molar-refractivity contribution in [3.8, 4) is 6.07 Å². The molecule has 0 unspecified atom stereocenters. The molecule has 0 N–H and O–H groups in total. The summed E-state index contributed by atoms with van der Waals surface area (Å²) < 4.78 is 5.41. The third-order valence-corrected chi connectivity index (χ3v) is 4.26. The molecule has 0 aromatic carbocycles. The van der Waals surface area contributed by atoms with Gasteiger partial charge in [-0.25, -0.2) is 4.98 Å². The summed E-state index contributed by atoms with van der Waals surface area (Å²) in [6.07, 6.45) is 3.99. The first-order valence-corrected chi connectivity index (χ1v) is 7.30. The molecule has 0 radical (unpaired) electrons. The molecule has 20 heavy (non-hydrogen) atoms. The molecule has 1 aromatic rings. The van der Waals surface area contributed by atoms with Crippen molar-refractivity contribution >= 4 is 5.69 Å². The van der Waals surface area contributed by atoms with Gasteiger partial charge in [-0.15, -0.1) is 0 Å². The highest BCUT2D eigenvalue weighted by Crippen LogP contribution is 2.24. The van der Waals surface area contributed by atoms with E-state index < -0.39 is 0 Å². The molecule has 0 amide bonds. The Morgan fingerprint density at radius 3 is 2.65 bits per heavy atom. The molecule has 106 valence electrons. The normalized spacial score (nSPS) is 21.6. The van der Waals surface area contributed by atoms with Crippen LogP contribution in [-0.4, -0.2) is 55.3 Å². The van der Waals surface area contributed by atoms with E-state index in [1.54, 1.807) is 6.20 Å². The van der Waals surface area contributed by atoms with E-state index in [-0.39, 0.29) is 0 Å². The van der Waals surface area contributed by atoms with Crippen LogP contribution in [0.15, 0.2) is 18.3 Å². The molecule has 0 bridgehead atoms. The van der Waals surface area contributed by atoms with Crippen molar-refractivity contribution in [1.82, 2.24) is 9.88 Å². The SMILES string of the molecule is N#Cc1ncccc1N1CCC(N2CCOCC2)CC1. The maximum absolute atomic E-state index is 9.14. The standard InChI is InChI=1S/C15H20N4O/c16-12-14-15(2-1-5-17-14)19-6-3-13(4-7-19)18-8-10-20-11-9-18/h1-2,5,13H,3-4,6-11H2. The van der Waals surface area contributed by atoms with Gasteiger partial charge in [0.15, 0.2) is 5.69 Å². The molecule has 2 aliphatic rings. The third-order valence-electron chi connectivity index (χ3n) is 4.26. The number of nitrogens with zero attached hydrogens (tertiary/aromatic N) is 4. The maximum Gasteiger partial charge on any atom is 0.163 e. The maximum atomic E-state index is 9.14. The molecule has 0 saturated carbocycles. The van der Waals surface area contributed by atoms with Crippen molar-refractivity contribution in [2.75, 3.05) is 44.3 Å². The lowest BCUT2D eigenvalue weighted by atomic mass is 10.0. The van der Waals surface area contributed by atoms with Crippen molar-refractivity contribution in [2.24, 2.45) is 0 Å². The second-order valence-corrected chi connectivity index (χ2v) is 5.35. The van der Waals surface area contributed by atoms with E-state index in [2.05, 4.69) is 20.9 Å². The zero-order valence-electron chi connectivity index (χ0n) is 11.7. The first-order chi connectivity index (χ1) is 9.88. The molecule has 5 nitrogen and oxygen atoms in total. The highest BCUT2D eigenvalue weighted by atomic mass is 16.5. The fourth-order valence-corrected chi connectivity index (χ4v) is 3.15. The number of anilines is 1. The number of hydrogen-bond donors (Lipinski definition) is 0. The minimum atomic E-state index is 0.539. The summed E-state index contributed by atoms with van der Waals surface area (Å²) in [6.45, 7) is 5.84. The molecule has 3 heterocycles. The first-order valence-electron chi connectivity index (χ1n) is 7.30. The Morgan fingerprint density at radius 2 is 1.95 bits per heavy atom. The van der Waals surface area contributed by atoms with Gasteiger partial charge < -0.3 is 9.64 Å². The Hall–Kier alpha value is -1.64. The van der Waals surface area contributed by atoms with Crippen LogP contribution in [0.25, 0.3) is 0 Å². The highest BCUT2D eigenvalue weighted by Gasteiger charge is 2.26. The Labute approximate surface area is 119 Å². The van der Waals surface area contributed by atoms with Gasteiger partial charge in [0.25, 0.3) is 0 Å². The second-order valence-electron chi connectivity index (χ2n) is 5.35. The Morgan fingerprint density at radius 1 is 1.20 bits per heavy atom. The highest BCUT2D eigenvalue weighted by molar-refractivity contribution is 5.55. The van der Waals surface area contributed by atoms with Gasteiger partial charge in [-0.1, -0.05) is 0 Å². The number of rotatable bonds is 2. The summed E-state index contributed by atoms with van der Waals surface area (Å²) in [5, 5.41) is 9.14. The van der Waals surface area contributed by atoms with Gasteiger partial charge in [0.1, 0.15) is 6.07 Å². The lowest BCUT2D eigenvalue weighted by molar-refractivity contribution is 0.0115. The van der Waals surface area contributed by atoms with Gasteiger partial charge in [0.2, 0.25) is 0 Å². The summed E-state index contributed by atoms with van der Waals surface area (Å²) in [5.41, 5.74) is 1.52. The fraction of sp³-hybridized carbons (Fsp3) is 0.600. The van der Waals surface area contributed by atoms with Crippen LogP contribution in [0, 0.1) is 11.3 Å². The number of morpholine rings is 1. The Bertz CT molecular complexity index is 485. The number of piperidine rings is 1. The minimum absolute atomic E-state index is 0.539. The average Bonchev–Trinajstić information content (AvgIpc) is 2.56. The van der Waals surface area contributed by atoms with Crippen LogP contribution in [0.3, 0.4) is 0 Å². The smallest absolute Gasteiger partial charge is 0.163 e. The fourth-order valence-electron chi connectivity index (χ4n) is 3.15. The quantitative estimate of drug-likeness (QED) is 0.811. The topological polar surface area (TPSA) is 52.4 Å². The van der Waals surface area contributed by atoms with Crippen molar-refractivity contribution in [1.29, 1.82) is 5.26 Å². The summed E-state index contributed by atoms with van der Waals surface area (Å²) in [7, 11) is 0. The Kier molecular flexibility index (Phi) is 4.14. The van der Waals surface area contributed by atoms with Crippen LogP contribution >= 0.6 is 0 Å². The minimum Gasteiger partial charge on any atom is -0.379 e. The molecule has 0 aliphatic carbocycles. The average molecular weight is 272 g/mol. The van der Waals surface area contributed by atoms with E-state index in [4.69, 9.17) is 10.00 Å². The second kappa shape index (κ2) is 6.21. The molecule has 0 atom stereocenters. The lowest BCUT2D eigenvalue weighted by Gasteiger charge is -2.40. The molecule has 2 aliphatic heterocycles. The van der Waals surface area contributed by atoms with Gasteiger partial charge in [-0.2, -0.15) is 5.26 Å². The summed E-state index contributed by atoms with van der Waals surface area (Å²) >= 11 is 0. The predicted molar refractivity (Wildman–Crippen MR) is 76.6 cm³/mol. The zero-order valence-corrected chi connectivity index (χ0v) is 11.7. The molecule has 2 saturated heterocycles. The van der Waals surface area contributed by atoms with E-state index in [9.17, 15) is 0 Å². The van der Waals surface area contributed by atoms with Crippen LogP contribution in [0.1, 0.15) is 18.5 Å². The van der Waals surface area contributed by atoms with E-state index >= 15 is 0 Å². The van der Waals surface area contributed by atoms with Crippen LogP contribution in [-0.2, 0) is 4.74 Å². The molecule has 0 spiro atoms. The van der Waals surface area contributed by atoms with Gasteiger partial charge in [0, 0.05) is 38.4 Å². The number of nitriles is 1. The third kappa shape index (κ3) is 2.77. The first kappa shape index (κ1) is 13.3. The van der Waals surface area contributed by atoms with Crippen molar-refractivity contribution in [3.05, 3.63) is 24.0 Å². The number of pyridine rings is 1. The van der Waals surface area contributed by atoms with Gasteiger partial charge in [0.05, 0.1) is 18.9 Å². The molecule has 2 fully saturated rings. The van der Waals surface area contributed by atoms with Crippen molar-refractivity contribution < 1.29 is 4.74 Å². The van der Waals surface area contributed by atoms with E-state index in [0.717, 1.165) is 57.9 Å².